The molecular weight excluding hydrogens is 460 g/mol. The maximum Gasteiger partial charge on any atom is 0.290 e. The number of thioether (sulfide) groups is 1. The lowest BCUT2D eigenvalue weighted by Gasteiger charge is -2.30. The Bertz CT molecular complexity index is 1200. The minimum absolute atomic E-state index is 0.305. The Hall–Kier alpha value is -3.43. The van der Waals surface area contributed by atoms with E-state index in [1.54, 1.807) is 18.3 Å². The molecule has 4 N–H and O–H groups in total. The highest BCUT2D eigenvalue weighted by atomic mass is 32.2. The van der Waals surface area contributed by atoms with Crippen LogP contribution in [0, 0.1) is 0 Å². The third-order valence-electron chi connectivity index (χ3n) is 6.39. The van der Waals surface area contributed by atoms with Gasteiger partial charge in [-0.1, -0.05) is 30.3 Å². The lowest BCUT2D eigenvalue weighted by molar-refractivity contribution is -0.115. The van der Waals surface area contributed by atoms with Gasteiger partial charge in [0.05, 0.1) is 10.6 Å². The molecule has 0 radical (unpaired) electrons. The fourth-order valence-corrected chi connectivity index (χ4v) is 5.23. The van der Waals surface area contributed by atoms with Crippen LogP contribution in [0.3, 0.4) is 0 Å². The second kappa shape index (κ2) is 10.9. The predicted molar refractivity (Wildman–Crippen MR) is 139 cm³/mol. The first-order chi connectivity index (χ1) is 17.1. The number of carbonyl (C=O) groups excluding carboxylic acids is 2. The third-order valence-corrected chi connectivity index (χ3v) is 7.20. The monoisotopic (exact) mass is 488 g/mol. The zero-order valence-electron chi connectivity index (χ0n) is 19.3. The maximum absolute atomic E-state index is 11.8. The molecule has 1 saturated carbocycles. The van der Waals surface area contributed by atoms with Gasteiger partial charge in [-0.3, -0.25) is 14.9 Å². The Labute approximate surface area is 208 Å². The molecule has 8 nitrogen and oxygen atoms in total. The van der Waals surface area contributed by atoms with Crippen molar-refractivity contribution in [2.75, 3.05) is 11.9 Å². The molecule has 1 saturated heterocycles. The summed E-state index contributed by atoms with van der Waals surface area (Å²) in [5, 5.41) is 12.3. The van der Waals surface area contributed by atoms with Crippen molar-refractivity contribution in [1.29, 1.82) is 0 Å². The Morgan fingerprint density at radius 2 is 1.91 bits per heavy atom. The van der Waals surface area contributed by atoms with Crippen molar-refractivity contribution in [2.45, 2.75) is 44.3 Å². The summed E-state index contributed by atoms with van der Waals surface area (Å²) < 4.78 is 0. The minimum atomic E-state index is -0.384. The van der Waals surface area contributed by atoms with Gasteiger partial charge < -0.3 is 16.0 Å². The molecule has 2 fully saturated rings. The average Bonchev–Trinajstić information content (AvgIpc) is 3.20. The van der Waals surface area contributed by atoms with Crippen molar-refractivity contribution in [1.82, 2.24) is 25.9 Å². The standard InChI is InChI=1S/C26H28N6O2S/c33-24-23(35-26(34)32-24)15-21-11-14-28-25(31-21)30-20-7-5-19(6-8-20)29-16-18-3-1-2-4-22(18)17-9-12-27-13-10-17/h1-4,9-12,14-15,19-20,27,29H,5-8,13,16H2,(H,28,30,31)(H,32,33,34)/b23-15-. The van der Waals surface area contributed by atoms with Gasteiger partial charge in [0.15, 0.2) is 0 Å². The van der Waals surface area contributed by atoms with Crippen molar-refractivity contribution >= 4 is 40.5 Å². The number of amides is 2. The summed E-state index contributed by atoms with van der Waals surface area (Å²) in [6, 6.07) is 11.1. The van der Waals surface area contributed by atoms with Crippen LogP contribution < -0.4 is 21.3 Å². The first-order valence-electron chi connectivity index (χ1n) is 11.9. The van der Waals surface area contributed by atoms with Crippen LogP contribution in [0.25, 0.3) is 11.6 Å². The Balaban J connectivity index is 1.13. The molecule has 3 heterocycles. The summed E-state index contributed by atoms with van der Waals surface area (Å²) in [7, 11) is 0. The third kappa shape index (κ3) is 5.98. The summed E-state index contributed by atoms with van der Waals surface area (Å²) in [6.45, 7) is 1.72. The van der Waals surface area contributed by atoms with Gasteiger partial charge in [-0.15, -0.1) is 0 Å². The summed E-state index contributed by atoms with van der Waals surface area (Å²) >= 11 is 0.887. The second-order valence-corrected chi connectivity index (χ2v) is 9.80. The quantitative estimate of drug-likeness (QED) is 0.436. The molecule has 3 aliphatic rings. The number of benzene rings is 1. The minimum Gasteiger partial charge on any atom is -0.387 e. The number of allylic oxidation sites excluding steroid dienone is 2. The number of hydrogen-bond acceptors (Lipinski definition) is 8. The Morgan fingerprint density at radius 1 is 1.09 bits per heavy atom. The number of carbonyl (C=O) groups is 2. The number of aromatic nitrogens is 2. The first-order valence-corrected chi connectivity index (χ1v) is 12.7. The number of dihydropyridines is 1. The molecular formula is C26H28N6O2S. The zero-order chi connectivity index (χ0) is 24.0. The van der Waals surface area contributed by atoms with E-state index in [1.807, 2.05) is 6.20 Å². The van der Waals surface area contributed by atoms with Crippen LogP contribution in [0.2, 0.25) is 0 Å². The van der Waals surface area contributed by atoms with Gasteiger partial charge in [0.1, 0.15) is 0 Å². The van der Waals surface area contributed by atoms with Crippen LogP contribution in [0.4, 0.5) is 10.7 Å². The van der Waals surface area contributed by atoms with Gasteiger partial charge >= 0.3 is 0 Å². The highest BCUT2D eigenvalue weighted by molar-refractivity contribution is 8.18. The largest absolute Gasteiger partial charge is 0.387 e. The summed E-state index contributed by atoms with van der Waals surface area (Å²) in [5.74, 6) is 0.160. The topological polar surface area (TPSA) is 108 Å². The number of hydrogen-bond donors (Lipinski definition) is 4. The van der Waals surface area contributed by atoms with Crippen molar-refractivity contribution in [2.24, 2.45) is 0 Å². The van der Waals surface area contributed by atoms with E-state index in [2.05, 4.69) is 67.7 Å². The molecule has 180 valence electrons. The van der Waals surface area contributed by atoms with Crippen LogP contribution >= 0.6 is 11.8 Å². The van der Waals surface area contributed by atoms with Crippen LogP contribution in [0.15, 0.2) is 59.8 Å². The smallest absolute Gasteiger partial charge is 0.290 e. The number of nitrogens with one attached hydrogen (secondary N) is 4. The molecule has 1 aromatic carbocycles. The van der Waals surface area contributed by atoms with E-state index in [4.69, 9.17) is 0 Å². The lowest BCUT2D eigenvalue weighted by Crippen LogP contribution is -2.37. The highest BCUT2D eigenvalue weighted by Crippen LogP contribution is 2.26. The lowest BCUT2D eigenvalue weighted by atomic mass is 9.90. The van der Waals surface area contributed by atoms with Crippen molar-refractivity contribution < 1.29 is 9.59 Å². The van der Waals surface area contributed by atoms with Crippen LogP contribution in [-0.2, 0) is 11.3 Å². The fourth-order valence-electron chi connectivity index (χ4n) is 4.57. The molecule has 0 spiro atoms. The van der Waals surface area contributed by atoms with Crippen molar-refractivity contribution in [3.8, 4) is 0 Å². The fraction of sp³-hybridized carbons (Fsp3) is 0.308. The Morgan fingerprint density at radius 3 is 2.69 bits per heavy atom. The van der Waals surface area contributed by atoms with Crippen LogP contribution in [0.1, 0.15) is 42.5 Å². The molecule has 5 rings (SSSR count). The van der Waals surface area contributed by atoms with Gasteiger partial charge in [0.2, 0.25) is 5.95 Å². The number of rotatable bonds is 7. The molecule has 1 aromatic heterocycles. The second-order valence-electron chi connectivity index (χ2n) is 8.79. The van der Waals surface area contributed by atoms with E-state index in [0.29, 0.717) is 28.6 Å². The van der Waals surface area contributed by atoms with Gasteiger partial charge in [0.25, 0.3) is 11.1 Å². The van der Waals surface area contributed by atoms with Crippen molar-refractivity contribution in [3.63, 3.8) is 0 Å². The first kappa shape index (κ1) is 23.3. The molecule has 9 heteroatoms. The summed E-state index contributed by atoms with van der Waals surface area (Å²) in [5.41, 5.74) is 4.48. The molecule has 2 amide bonds. The number of nitrogens with zero attached hydrogens (tertiary/aromatic N) is 2. The number of imide groups is 1. The van der Waals surface area contributed by atoms with Gasteiger partial charge in [-0.05, 0) is 78.6 Å². The molecule has 2 aliphatic heterocycles. The molecule has 2 aromatic rings. The predicted octanol–water partition coefficient (Wildman–Crippen LogP) is 3.81. The van der Waals surface area contributed by atoms with Gasteiger partial charge in [0, 0.05) is 31.4 Å². The van der Waals surface area contributed by atoms with E-state index in [0.717, 1.165) is 50.5 Å². The maximum atomic E-state index is 11.8. The molecule has 0 bridgehead atoms. The Kier molecular flexibility index (Phi) is 7.25. The summed E-state index contributed by atoms with van der Waals surface area (Å²) in [4.78, 5) is 32.3. The summed E-state index contributed by atoms with van der Waals surface area (Å²) in [6.07, 6.45) is 13.9. The van der Waals surface area contributed by atoms with Crippen molar-refractivity contribution in [3.05, 3.63) is 76.6 Å². The SMILES string of the molecule is O=C1NC(=O)/C(=C/c2ccnc(NC3CCC(NCc4ccccc4C4=CCNC=C4)CC3)n2)S1. The highest BCUT2D eigenvalue weighted by Gasteiger charge is 2.25. The average molecular weight is 489 g/mol. The van der Waals surface area contributed by atoms with E-state index in [9.17, 15) is 9.59 Å². The normalized spacial score (nSPS) is 23.1. The van der Waals surface area contributed by atoms with Gasteiger partial charge in [-0.2, -0.15) is 0 Å². The van der Waals surface area contributed by atoms with Crippen LogP contribution in [0.5, 0.6) is 0 Å². The molecule has 0 unspecified atom stereocenters. The van der Waals surface area contributed by atoms with Crippen LogP contribution in [-0.4, -0.2) is 39.7 Å². The van der Waals surface area contributed by atoms with E-state index >= 15 is 0 Å². The molecule has 35 heavy (non-hydrogen) atoms. The zero-order valence-corrected chi connectivity index (χ0v) is 20.1. The van der Waals surface area contributed by atoms with Gasteiger partial charge in [-0.25, -0.2) is 9.97 Å². The van der Waals surface area contributed by atoms with E-state index in [1.165, 1.54) is 16.7 Å². The molecule has 0 atom stereocenters. The van der Waals surface area contributed by atoms with E-state index in [-0.39, 0.29) is 11.1 Å². The molecule has 1 aliphatic carbocycles. The van der Waals surface area contributed by atoms with E-state index < -0.39 is 0 Å². The number of anilines is 1.